The molecule has 0 saturated heterocycles. The number of para-hydroxylation sites is 2. The molecule has 0 atom stereocenters. The summed E-state index contributed by atoms with van der Waals surface area (Å²) in [6.45, 7) is 28.4. The quantitative estimate of drug-likeness (QED) is 0.160. The van der Waals surface area contributed by atoms with Crippen LogP contribution in [0.25, 0.3) is 66.1 Å². The van der Waals surface area contributed by atoms with Crippen molar-refractivity contribution in [1.82, 2.24) is 9.13 Å². The Balaban J connectivity index is 1.01. The first-order valence-electron chi connectivity index (χ1n) is 29.4. The zero-order chi connectivity index (χ0) is 55.9. The highest BCUT2D eigenvalue weighted by Gasteiger charge is 2.47. The Bertz CT molecular complexity index is 4510. The first-order valence-corrected chi connectivity index (χ1v) is 29.4. The number of nitrogens with zero attached hydrogens (tertiary/aromatic N) is 3. The van der Waals surface area contributed by atoms with Crippen LogP contribution in [0.5, 0.6) is 0 Å². The van der Waals surface area contributed by atoms with Gasteiger partial charge in [-0.15, -0.1) is 0 Å². The lowest BCUT2D eigenvalue weighted by molar-refractivity contribution is 0.590. The molecule has 0 spiro atoms. The molecule has 5 heterocycles. The average Bonchev–Trinajstić information content (AvgIpc) is 4.22. The van der Waals surface area contributed by atoms with E-state index < -0.39 is 5.41 Å². The molecule has 4 heteroatoms. The van der Waals surface area contributed by atoms with E-state index in [1.807, 2.05) is 0 Å². The summed E-state index contributed by atoms with van der Waals surface area (Å²) in [4.78, 5) is 2.50. The highest BCUT2D eigenvalue weighted by molar-refractivity contribution is 7.00. The van der Waals surface area contributed by atoms with Crippen molar-refractivity contribution >= 4 is 83.8 Å². The Morgan fingerprint density at radius 1 is 0.358 bits per heavy atom. The lowest BCUT2D eigenvalue weighted by Crippen LogP contribution is -2.60. The van der Waals surface area contributed by atoms with Crippen LogP contribution >= 0.6 is 0 Å². The Morgan fingerprint density at radius 3 is 1.27 bits per heavy atom. The van der Waals surface area contributed by atoms with Gasteiger partial charge in [0.2, 0.25) is 0 Å². The molecule has 0 N–H and O–H groups in total. The largest absolute Gasteiger partial charge is 0.310 e. The summed E-state index contributed by atoms with van der Waals surface area (Å²) in [5, 5.41) is 5.33. The van der Waals surface area contributed by atoms with Crippen molar-refractivity contribution in [2.45, 2.75) is 110 Å². The molecule has 0 bridgehead atoms. The lowest BCUT2D eigenvalue weighted by atomic mass is 9.33. The number of benzene rings is 10. The molecule has 0 amide bonds. The van der Waals surface area contributed by atoms with Crippen molar-refractivity contribution in [2.24, 2.45) is 0 Å². The van der Waals surface area contributed by atoms with Crippen LogP contribution in [0, 0.1) is 0 Å². The monoisotopic (exact) mass is 1050 g/mol. The van der Waals surface area contributed by atoms with Crippen LogP contribution in [0.1, 0.15) is 128 Å². The SMILES string of the molecule is CC(C)(C)c1ccc2c(c1)c1cc(C(C)(C)C)cc3c1n2-c1ccc(-c2ccc(N4c5ccccc5C(c5ccccc5)(c5ccccc5)c5ccccc54)cc2)c2c1B3c1cc(C(C)(C)C)cc3c4cc(C(C)(C)C)ccc4n-2c13. The molecular formula is C77H70BN3. The van der Waals surface area contributed by atoms with Crippen molar-refractivity contribution in [2.75, 3.05) is 4.90 Å². The molecule has 0 aliphatic carbocycles. The Labute approximate surface area is 478 Å². The molecule has 0 fully saturated rings. The van der Waals surface area contributed by atoms with E-state index in [-0.39, 0.29) is 28.4 Å². The van der Waals surface area contributed by atoms with Crippen molar-refractivity contribution in [3.05, 3.63) is 251 Å². The van der Waals surface area contributed by atoms with Gasteiger partial charge in [0, 0.05) is 49.5 Å². The topological polar surface area (TPSA) is 13.1 Å². The maximum atomic E-state index is 2.69. The van der Waals surface area contributed by atoms with Crippen molar-refractivity contribution in [3.8, 4) is 22.5 Å². The summed E-state index contributed by atoms with van der Waals surface area (Å²) < 4.78 is 5.34. The zero-order valence-corrected chi connectivity index (χ0v) is 49.0. The second kappa shape index (κ2) is 16.9. The third-order valence-corrected chi connectivity index (χ3v) is 18.8. The molecule has 0 saturated carbocycles. The van der Waals surface area contributed by atoms with E-state index >= 15 is 0 Å². The summed E-state index contributed by atoms with van der Waals surface area (Å²) in [6.07, 6.45) is 0. The van der Waals surface area contributed by atoms with E-state index in [1.54, 1.807) is 0 Å². The average molecular weight is 1050 g/mol. The van der Waals surface area contributed by atoms with Crippen LogP contribution in [0.3, 0.4) is 0 Å². The van der Waals surface area contributed by atoms with Gasteiger partial charge in [0.1, 0.15) is 0 Å². The van der Waals surface area contributed by atoms with Crippen LogP contribution < -0.4 is 21.3 Å². The minimum Gasteiger partial charge on any atom is -0.310 e. The highest BCUT2D eigenvalue weighted by Crippen LogP contribution is 2.58. The predicted octanol–water partition coefficient (Wildman–Crippen LogP) is 18.0. The summed E-state index contributed by atoms with van der Waals surface area (Å²) >= 11 is 0. The molecule has 3 nitrogen and oxygen atoms in total. The third kappa shape index (κ3) is 7.02. The normalized spacial score (nSPS) is 14.5. The van der Waals surface area contributed by atoms with Gasteiger partial charge in [-0.05, 0) is 155 Å². The number of aromatic nitrogens is 2. The molecular weight excluding hydrogens is 978 g/mol. The molecule has 10 aromatic carbocycles. The van der Waals surface area contributed by atoms with Gasteiger partial charge >= 0.3 is 0 Å². The number of hydrogen-bond donors (Lipinski definition) is 0. The van der Waals surface area contributed by atoms with Gasteiger partial charge in [-0.3, -0.25) is 0 Å². The van der Waals surface area contributed by atoms with Crippen molar-refractivity contribution in [1.29, 1.82) is 0 Å². The molecule has 3 aliphatic heterocycles. The molecule has 396 valence electrons. The molecule has 12 aromatic rings. The minimum absolute atomic E-state index is 0.000363. The van der Waals surface area contributed by atoms with Crippen molar-refractivity contribution < 1.29 is 0 Å². The highest BCUT2D eigenvalue weighted by atomic mass is 15.2. The Kier molecular flexibility index (Phi) is 10.3. The van der Waals surface area contributed by atoms with Gasteiger partial charge < -0.3 is 14.0 Å². The van der Waals surface area contributed by atoms with E-state index in [0.29, 0.717) is 0 Å². The summed E-state index contributed by atoms with van der Waals surface area (Å²) in [5.41, 5.74) is 27.6. The second-order valence-electron chi connectivity index (χ2n) is 27.8. The molecule has 15 rings (SSSR count). The maximum absolute atomic E-state index is 2.69. The number of hydrogen-bond acceptors (Lipinski definition) is 1. The number of rotatable bonds is 4. The molecule has 3 aliphatic rings. The number of anilines is 3. The smallest absolute Gasteiger partial charge is 0.252 e. The standard InChI is InChI=1S/C77H70BN3/c1-73(2,3)50-33-38-64-56(41-50)58-43-52(75(7,8)9)45-62-70(58)80(64)68-40-37-55(72-69(68)78(62)63-46-53(76(10,11)12)44-59-57-42-51(74(4,5)6)34-39-65(57)81(72)71(59)63)47-31-35-54(36-32-47)79-66-29-21-19-27-60(66)77(48-23-15-13-16-24-48,49-25-17-14-18-26-49)61-28-20-22-30-67(61)79/h13-46H,1-12H3. The zero-order valence-electron chi connectivity index (χ0n) is 49.0. The van der Waals surface area contributed by atoms with Gasteiger partial charge in [-0.1, -0.05) is 223 Å². The first kappa shape index (κ1) is 49.7. The van der Waals surface area contributed by atoms with Crippen LogP contribution in [0.15, 0.2) is 206 Å². The third-order valence-electron chi connectivity index (χ3n) is 18.8. The van der Waals surface area contributed by atoms with Gasteiger partial charge in [0.05, 0.1) is 33.5 Å². The Morgan fingerprint density at radius 2 is 0.790 bits per heavy atom. The second-order valence-corrected chi connectivity index (χ2v) is 27.8. The summed E-state index contributed by atoms with van der Waals surface area (Å²) in [7, 11) is 0. The van der Waals surface area contributed by atoms with E-state index in [1.165, 1.54) is 138 Å². The minimum atomic E-state index is -0.533. The summed E-state index contributed by atoms with van der Waals surface area (Å²) in [5.74, 6) is 0. The van der Waals surface area contributed by atoms with E-state index in [0.717, 1.165) is 5.69 Å². The van der Waals surface area contributed by atoms with E-state index in [2.05, 4.69) is 303 Å². The predicted molar refractivity (Wildman–Crippen MR) is 347 cm³/mol. The van der Waals surface area contributed by atoms with Crippen molar-refractivity contribution in [3.63, 3.8) is 0 Å². The van der Waals surface area contributed by atoms with Crippen LogP contribution in [-0.4, -0.2) is 15.8 Å². The first-order chi connectivity index (χ1) is 38.7. The van der Waals surface area contributed by atoms with Gasteiger partial charge in [-0.2, -0.15) is 0 Å². The molecule has 2 aromatic heterocycles. The van der Waals surface area contributed by atoms with E-state index in [4.69, 9.17) is 0 Å². The lowest BCUT2D eigenvalue weighted by Gasteiger charge is -2.46. The van der Waals surface area contributed by atoms with Crippen LogP contribution in [0.4, 0.5) is 17.1 Å². The Hall–Kier alpha value is -8.34. The molecule has 0 unspecified atom stereocenters. The fourth-order valence-electron chi connectivity index (χ4n) is 14.6. The van der Waals surface area contributed by atoms with Gasteiger partial charge in [0.15, 0.2) is 0 Å². The maximum Gasteiger partial charge on any atom is 0.252 e. The molecule has 0 radical (unpaired) electrons. The van der Waals surface area contributed by atoms with Gasteiger partial charge in [0.25, 0.3) is 6.71 Å². The number of fused-ring (bicyclic) bond motifs is 12. The molecule has 81 heavy (non-hydrogen) atoms. The fraction of sp³-hybridized carbons (Fsp3) is 0.221. The van der Waals surface area contributed by atoms with Gasteiger partial charge in [-0.25, -0.2) is 0 Å². The van der Waals surface area contributed by atoms with Crippen LogP contribution in [-0.2, 0) is 27.1 Å². The van der Waals surface area contributed by atoms with Crippen LogP contribution in [0.2, 0.25) is 0 Å². The van der Waals surface area contributed by atoms with E-state index in [9.17, 15) is 0 Å². The summed E-state index contributed by atoms with van der Waals surface area (Å²) in [6, 6.07) is 79.8. The fourth-order valence-corrected chi connectivity index (χ4v) is 14.6.